The predicted molar refractivity (Wildman–Crippen MR) is 38.4 cm³/mol. The van der Waals surface area contributed by atoms with Crippen molar-refractivity contribution in [1.29, 1.82) is 0 Å². The lowest BCUT2D eigenvalue weighted by Gasteiger charge is -2.20. The van der Waals surface area contributed by atoms with Gasteiger partial charge in [0.25, 0.3) is 0 Å². The Kier molecular flexibility index (Phi) is 3.24. The molecule has 0 spiro atoms. The van der Waals surface area contributed by atoms with Gasteiger partial charge in [-0.15, -0.1) is 0 Å². The van der Waals surface area contributed by atoms with E-state index < -0.39 is 0 Å². The van der Waals surface area contributed by atoms with Crippen molar-refractivity contribution in [3.8, 4) is 0 Å². The van der Waals surface area contributed by atoms with E-state index in [4.69, 9.17) is 0 Å². The van der Waals surface area contributed by atoms with E-state index in [1.54, 1.807) is 13.3 Å². The summed E-state index contributed by atoms with van der Waals surface area (Å²) in [6, 6.07) is 0. The third-order valence-electron chi connectivity index (χ3n) is 0.809. The first kappa shape index (κ1) is 8.43. The summed E-state index contributed by atoms with van der Waals surface area (Å²) in [5.41, 5.74) is 0. The molecule has 0 aliphatic heterocycles. The SMILES string of the molecule is CO/N=C\C[N+](C)(C)C. The Morgan fingerprint density at radius 1 is 1.44 bits per heavy atom. The van der Waals surface area contributed by atoms with Crippen LogP contribution in [0.25, 0.3) is 0 Å². The molecule has 9 heavy (non-hydrogen) atoms. The van der Waals surface area contributed by atoms with E-state index in [1.807, 2.05) is 0 Å². The Balaban J connectivity index is 3.38. The van der Waals surface area contributed by atoms with Crippen LogP contribution in [-0.4, -0.2) is 45.5 Å². The average Bonchev–Trinajstić information content (AvgIpc) is 1.63. The van der Waals surface area contributed by atoms with Crippen molar-refractivity contribution >= 4 is 6.21 Å². The highest BCUT2D eigenvalue weighted by atomic mass is 16.6. The topological polar surface area (TPSA) is 21.6 Å². The Bertz CT molecular complexity index is 93.7. The molecule has 54 valence electrons. The maximum absolute atomic E-state index is 4.50. The van der Waals surface area contributed by atoms with Crippen molar-refractivity contribution in [3.63, 3.8) is 0 Å². The molecule has 0 bridgehead atoms. The second-order valence-corrected chi connectivity index (χ2v) is 2.94. The number of hydrogen-bond acceptors (Lipinski definition) is 2. The van der Waals surface area contributed by atoms with Gasteiger partial charge in [0.1, 0.15) is 13.7 Å². The molecule has 0 aliphatic rings. The van der Waals surface area contributed by atoms with Gasteiger partial charge in [-0.3, -0.25) is 0 Å². The largest absolute Gasteiger partial charge is 0.399 e. The van der Waals surface area contributed by atoms with E-state index in [9.17, 15) is 0 Å². The number of quaternary nitrogens is 1. The van der Waals surface area contributed by atoms with Crippen molar-refractivity contribution in [1.82, 2.24) is 0 Å². The molecule has 0 heterocycles. The second kappa shape index (κ2) is 3.45. The number of nitrogens with zero attached hydrogens (tertiary/aromatic N) is 2. The zero-order valence-electron chi connectivity index (χ0n) is 6.59. The summed E-state index contributed by atoms with van der Waals surface area (Å²) in [5.74, 6) is 0. The van der Waals surface area contributed by atoms with Crippen LogP contribution in [0.4, 0.5) is 0 Å². The van der Waals surface area contributed by atoms with E-state index in [2.05, 4.69) is 31.1 Å². The smallest absolute Gasteiger partial charge is 0.117 e. The number of hydrogen-bond donors (Lipinski definition) is 0. The highest BCUT2D eigenvalue weighted by Crippen LogP contribution is 1.84. The standard InChI is InChI=1S/C6H15N2O/c1-8(2,3)6-5-7-9-4/h5H,6H2,1-4H3/q+1/b7-5-. The van der Waals surface area contributed by atoms with Crippen molar-refractivity contribution < 1.29 is 9.32 Å². The summed E-state index contributed by atoms with van der Waals surface area (Å²) >= 11 is 0. The fourth-order valence-corrected chi connectivity index (χ4v) is 0.353. The Labute approximate surface area is 56.5 Å². The minimum atomic E-state index is 0.882. The van der Waals surface area contributed by atoms with Gasteiger partial charge in [-0.2, -0.15) is 0 Å². The first-order valence-corrected chi connectivity index (χ1v) is 2.92. The molecule has 0 aliphatic carbocycles. The van der Waals surface area contributed by atoms with Crippen LogP contribution in [-0.2, 0) is 4.84 Å². The molecule has 0 aromatic heterocycles. The Morgan fingerprint density at radius 2 is 2.00 bits per heavy atom. The zero-order valence-corrected chi connectivity index (χ0v) is 6.59. The van der Waals surface area contributed by atoms with Crippen LogP contribution in [0.5, 0.6) is 0 Å². The van der Waals surface area contributed by atoms with Gasteiger partial charge in [0.15, 0.2) is 0 Å². The highest BCUT2D eigenvalue weighted by Gasteiger charge is 2.01. The quantitative estimate of drug-likeness (QED) is 0.307. The molecule has 0 saturated carbocycles. The van der Waals surface area contributed by atoms with Crippen LogP contribution in [0.15, 0.2) is 5.16 Å². The monoisotopic (exact) mass is 131 g/mol. The maximum Gasteiger partial charge on any atom is 0.117 e. The molecule has 0 amide bonds. The van der Waals surface area contributed by atoms with Gasteiger partial charge in [-0.05, 0) is 0 Å². The van der Waals surface area contributed by atoms with E-state index in [1.165, 1.54) is 0 Å². The van der Waals surface area contributed by atoms with Gasteiger partial charge in [0.05, 0.1) is 27.4 Å². The van der Waals surface area contributed by atoms with Crippen molar-refractivity contribution in [2.24, 2.45) is 5.16 Å². The lowest BCUT2D eigenvalue weighted by atomic mass is 10.5. The molecule has 0 aromatic rings. The summed E-state index contributed by atoms with van der Waals surface area (Å²) in [6.45, 7) is 0.897. The minimum Gasteiger partial charge on any atom is -0.399 e. The molecular weight excluding hydrogens is 116 g/mol. The fraction of sp³-hybridized carbons (Fsp3) is 0.833. The molecule has 0 fully saturated rings. The second-order valence-electron chi connectivity index (χ2n) is 2.94. The maximum atomic E-state index is 4.50. The molecule has 3 heteroatoms. The van der Waals surface area contributed by atoms with Gasteiger partial charge in [0, 0.05) is 0 Å². The zero-order chi connectivity index (χ0) is 7.33. The molecule has 0 unspecified atom stereocenters. The van der Waals surface area contributed by atoms with Crippen molar-refractivity contribution in [3.05, 3.63) is 0 Å². The van der Waals surface area contributed by atoms with Crippen LogP contribution >= 0.6 is 0 Å². The van der Waals surface area contributed by atoms with Crippen LogP contribution < -0.4 is 0 Å². The Hall–Kier alpha value is -0.570. The first-order chi connectivity index (χ1) is 4.06. The van der Waals surface area contributed by atoms with Crippen molar-refractivity contribution in [2.45, 2.75) is 0 Å². The van der Waals surface area contributed by atoms with Crippen LogP contribution in [0, 0.1) is 0 Å². The summed E-state index contributed by atoms with van der Waals surface area (Å²) in [5, 5.41) is 3.62. The third-order valence-corrected chi connectivity index (χ3v) is 0.809. The van der Waals surface area contributed by atoms with Crippen molar-refractivity contribution in [2.75, 3.05) is 34.8 Å². The average molecular weight is 131 g/mol. The summed E-state index contributed by atoms with van der Waals surface area (Å²) in [6.07, 6.45) is 1.76. The molecule has 3 nitrogen and oxygen atoms in total. The highest BCUT2D eigenvalue weighted by molar-refractivity contribution is 5.57. The minimum absolute atomic E-state index is 0.882. The summed E-state index contributed by atoms with van der Waals surface area (Å²) in [7, 11) is 7.84. The van der Waals surface area contributed by atoms with Crippen LogP contribution in [0.2, 0.25) is 0 Å². The van der Waals surface area contributed by atoms with Gasteiger partial charge in [-0.25, -0.2) is 0 Å². The van der Waals surface area contributed by atoms with Gasteiger partial charge >= 0.3 is 0 Å². The van der Waals surface area contributed by atoms with Gasteiger partial charge in [0.2, 0.25) is 0 Å². The summed E-state index contributed by atoms with van der Waals surface area (Å²) < 4.78 is 0.882. The Morgan fingerprint density at radius 3 is 2.33 bits per heavy atom. The first-order valence-electron chi connectivity index (χ1n) is 2.92. The molecule has 0 radical (unpaired) electrons. The molecule has 0 N–H and O–H groups in total. The lowest BCUT2D eigenvalue weighted by Crippen LogP contribution is -2.35. The molecule has 0 atom stereocenters. The molecule has 0 aromatic carbocycles. The fourth-order valence-electron chi connectivity index (χ4n) is 0.353. The normalized spacial score (nSPS) is 12.4. The molecule has 0 saturated heterocycles. The third kappa shape index (κ3) is 7.43. The van der Waals surface area contributed by atoms with Gasteiger partial charge < -0.3 is 9.32 Å². The molecular formula is C6H15N2O+. The van der Waals surface area contributed by atoms with E-state index >= 15 is 0 Å². The number of rotatable bonds is 3. The number of oxime groups is 1. The van der Waals surface area contributed by atoms with Crippen LogP contribution in [0.1, 0.15) is 0 Å². The lowest BCUT2D eigenvalue weighted by molar-refractivity contribution is -0.860. The summed E-state index contributed by atoms with van der Waals surface area (Å²) in [4.78, 5) is 4.50. The van der Waals surface area contributed by atoms with E-state index in [0.29, 0.717) is 0 Å². The van der Waals surface area contributed by atoms with Gasteiger partial charge in [-0.1, -0.05) is 5.16 Å². The van der Waals surface area contributed by atoms with E-state index in [0.717, 1.165) is 11.0 Å². The van der Waals surface area contributed by atoms with E-state index in [-0.39, 0.29) is 0 Å². The molecule has 0 rings (SSSR count). The van der Waals surface area contributed by atoms with Crippen LogP contribution in [0.3, 0.4) is 0 Å². The predicted octanol–water partition coefficient (Wildman–Crippen LogP) is 0.325.